The number of rotatable bonds is 36. The lowest BCUT2D eigenvalue weighted by Gasteiger charge is -2.46. The molecule has 18 unspecified atom stereocenters. The maximum atomic E-state index is 13.7. The lowest BCUT2D eigenvalue weighted by molar-refractivity contribution is -0.293. The minimum Gasteiger partial charge on any atom is -0.496 e. The van der Waals surface area contributed by atoms with Gasteiger partial charge in [0.2, 0.25) is 23.1 Å². The Morgan fingerprint density at radius 3 is 1.42 bits per heavy atom. The number of Topliss-reactive ketones (excluding diaryl/α,β-unsaturated/α-hetero) is 4. The highest BCUT2D eigenvalue weighted by Crippen LogP contribution is 2.42. The van der Waals surface area contributed by atoms with E-state index in [1.54, 1.807) is 76.7 Å². The molecule has 7 aliphatic rings. The van der Waals surface area contributed by atoms with Gasteiger partial charge in [-0.3, -0.25) is 38.4 Å². The molecule has 0 spiro atoms. The van der Waals surface area contributed by atoms with E-state index in [-0.39, 0.29) is 73.2 Å². The largest absolute Gasteiger partial charge is 0.496 e. The number of aryl methyl sites for hydroxylation is 2. The van der Waals surface area contributed by atoms with Gasteiger partial charge < -0.3 is 72.4 Å². The van der Waals surface area contributed by atoms with Crippen molar-refractivity contribution in [3.05, 3.63) is 112 Å². The first-order chi connectivity index (χ1) is 65.9. The second kappa shape index (κ2) is 54.4. The number of benzene rings is 3. The van der Waals surface area contributed by atoms with Crippen molar-refractivity contribution in [3.8, 4) is 5.75 Å². The third-order valence-electron chi connectivity index (χ3n) is 30.3. The molecule has 10 rings (SSSR count). The molecule has 3 aromatic rings. The van der Waals surface area contributed by atoms with Crippen LogP contribution in [0.15, 0.2) is 84.4 Å². The van der Waals surface area contributed by atoms with Crippen LogP contribution in [0.2, 0.25) is 0 Å². The van der Waals surface area contributed by atoms with Gasteiger partial charge in [0, 0.05) is 63.1 Å². The number of aliphatic hydroxyl groups is 2. The Morgan fingerprint density at radius 1 is 0.493 bits per heavy atom. The number of nitrogens with zero attached hydrogens (tertiary/aromatic N) is 4. The van der Waals surface area contributed by atoms with Gasteiger partial charge in [-0.05, 0) is 269 Å². The average Bonchev–Trinajstić information content (AvgIpc) is 0.795. The van der Waals surface area contributed by atoms with E-state index >= 15 is 0 Å². The normalized spacial score (nSPS) is 25.7. The lowest BCUT2D eigenvalue weighted by Crippen LogP contribution is -2.63. The zero-order chi connectivity index (χ0) is 104. The summed E-state index contributed by atoms with van der Waals surface area (Å²) in [6, 6.07) is 21.4. The SMILES string of the molecule is CCC(C)(C)C(=O)C(=O)N1CCCCC1C(=O)OC(C)C.CCC(C)(C)C(=O)C(=O)N1CCCCC1C(=O)OC(CCc1ccc(C)c(OC)c1)c1cccc(C(C)C)c1.CCC(Cc1ccccc1)C(OC(=O)C1CCCCN1C(=O)C(=O)C1(O)OC(C(C)C)CCC1C)C(C)C.COC1CC(/C=C(\C)C(OC(=O)C2CCCCN2C(=O)C(=O)C2(O)OC(C(C)C)C(OC)CC2C)C(C)C)CCC1C. The molecule has 4 amide bonds. The van der Waals surface area contributed by atoms with Crippen LogP contribution in [0, 0.1) is 71.0 Å². The summed E-state index contributed by atoms with van der Waals surface area (Å²) in [5, 5.41) is 22.7. The maximum absolute atomic E-state index is 13.7. The smallest absolute Gasteiger partial charge is 0.329 e. The maximum Gasteiger partial charge on any atom is 0.329 e. The third-order valence-corrected chi connectivity index (χ3v) is 30.3. The molecule has 3 aromatic carbocycles. The number of hydrogen-bond acceptors (Lipinski definition) is 23. The first-order valence-corrected chi connectivity index (χ1v) is 52.5. The summed E-state index contributed by atoms with van der Waals surface area (Å²) in [6.07, 6.45) is 16.6. The van der Waals surface area contributed by atoms with E-state index in [0.717, 1.165) is 105 Å². The molecular weight excluding hydrogens is 1780 g/mol. The van der Waals surface area contributed by atoms with Gasteiger partial charge in [-0.2, -0.15) is 0 Å². The monoisotopic (exact) mass is 1960 g/mol. The fraction of sp³-hybridized carbons (Fsp3) is 0.717. The molecule has 784 valence electrons. The van der Waals surface area contributed by atoms with Crippen LogP contribution in [0.4, 0.5) is 0 Å². The van der Waals surface area contributed by atoms with Gasteiger partial charge in [0.15, 0.2) is 0 Å². The molecule has 6 aliphatic heterocycles. The van der Waals surface area contributed by atoms with Crippen molar-refractivity contribution in [2.45, 2.75) is 411 Å². The van der Waals surface area contributed by atoms with Crippen LogP contribution in [-0.4, -0.2) is 226 Å². The molecule has 18 atom stereocenters. The molecule has 7 fully saturated rings. The fourth-order valence-corrected chi connectivity index (χ4v) is 20.2. The summed E-state index contributed by atoms with van der Waals surface area (Å²) in [4.78, 5) is 164. The van der Waals surface area contributed by atoms with Crippen molar-refractivity contribution in [2.75, 3.05) is 47.5 Å². The van der Waals surface area contributed by atoms with Gasteiger partial charge in [0.25, 0.3) is 35.2 Å². The summed E-state index contributed by atoms with van der Waals surface area (Å²) in [5.41, 5.74) is 4.99. The first-order valence-electron chi connectivity index (χ1n) is 52.5. The number of amides is 4. The Hall–Kier alpha value is -8.60. The van der Waals surface area contributed by atoms with Crippen LogP contribution >= 0.6 is 0 Å². The van der Waals surface area contributed by atoms with E-state index < -0.39 is 147 Å². The van der Waals surface area contributed by atoms with Crippen LogP contribution in [0.3, 0.4) is 0 Å². The van der Waals surface area contributed by atoms with Crippen LogP contribution < -0.4 is 4.74 Å². The lowest BCUT2D eigenvalue weighted by atomic mass is 9.79. The van der Waals surface area contributed by atoms with E-state index in [9.17, 15) is 67.7 Å². The van der Waals surface area contributed by atoms with Gasteiger partial charge in [-0.15, -0.1) is 0 Å². The zero-order valence-corrected chi connectivity index (χ0v) is 89.8. The number of hydrogen-bond donors (Lipinski definition) is 2. The number of methoxy groups -OCH3 is 3. The van der Waals surface area contributed by atoms with Gasteiger partial charge in [-0.25, -0.2) is 19.2 Å². The Morgan fingerprint density at radius 2 is 0.971 bits per heavy atom. The molecular formula is C113H174N4O23. The van der Waals surface area contributed by atoms with Crippen LogP contribution in [0.1, 0.15) is 340 Å². The second-order valence-corrected chi connectivity index (χ2v) is 43.8. The Balaban J connectivity index is 0.000000260. The molecule has 1 saturated carbocycles. The van der Waals surface area contributed by atoms with Crippen molar-refractivity contribution < 1.29 is 110 Å². The molecule has 0 aromatic heterocycles. The summed E-state index contributed by atoms with van der Waals surface area (Å²) >= 11 is 0. The molecule has 1 aliphatic carbocycles. The summed E-state index contributed by atoms with van der Waals surface area (Å²) < 4.78 is 52.2. The van der Waals surface area contributed by atoms with Crippen LogP contribution in [0.25, 0.3) is 0 Å². The van der Waals surface area contributed by atoms with Crippen LogP contribution in [-0.2, 0) is 108 Å². The van der Waals surface area contributed by atoms with Crippen molar-refractivity contribution >= 4 is 70.6 Å². The molecule has 0 bridgehead atoms. The van der Waals surface area contributed by atoms with Crippen molar-refractivity contribution in [3.63, 3.8) is 0 Å². The fourth-order valence-electron chi connectivity index (χ4n) is 20.2. The molecule has 2 N–H and O–H groups in total. The summed E-state index contributed by atoms with van der Waals surface area (Å²) in [5.74, 6) is -10.9. The zero-order valence-electron chi connectivity index (χ0n) is 89.8. The Kier molecular flexibility index (Phi) is 46.0. The van der Waals surface area contributed by atoms with Crippen molar-refractivity contribution in [1.82, 2.24) is 19.6 Å². The summed E-state index contributed by atoms with van der Waals surface area (Å²) in [7, 11) is 5.00. The Bertz CT molecular complexity index is 4610. The molecule has 27 heteroatoms. The number of esters is 4. The van der Waals surface area contributed by atoms with Gasteiger partial charge >= 0.3 is 23.9 Å². The van der Waals surface area contributed by atoms with Gasteiger partial charge in [0.05, 0.1) is 37.6 Å². The number of carbonyl (C=O) groups excluding carboxylic acids is 12. The number of piperidine rings is 4. The minimum atomic E-state index is -2.29. The van der Waals surface area contributed by atoms with E-state index in [2.05, 4.69) is 64.1 Å². The highest BCUT2D eigenvalue weighted by molar-refractivity contribution is 6.40. The molecule has 6 heterocycles. The van der Waals surface area contributed by atoms with Gasteiger partial charge in [-0.1, -0.05) is 211 Å². The van der Waals surface area contributed by atoms with E-state index in [0.29, 0.717) is 108 Å². The number of likely N-dealkylation sites (tertiary alicyclic amines) is 4. The highest BCUT2D eigenvalue weighted by Gasteiger charge is 2.57. The predicted molar refractivity (Wildman–Crippen MR) is 539 cm³/mol. The van der Waals surface area contributed by atoms with E-state index in [1.807, 2.05) is 126 Å². The quantitative estimate of drug-likeness (QED) is 0.0236. The van der Waals surface area contributed by atoms with Crippen LogP contribution in [0.5, 0.6) is 5.75 Å². The molecule has 0 radical (unpaired) electrons. The number of ketones is 4. The highest BCUT2D eigenvalue weighted by atomic mass is 16.7. The average molecular weight is 1960 g/mol. The second-order valence-electron chi connectivity index (χ2n) is 43.8. The van der Waals surface area contributed by atoms with E-state index in [1.165, 1.54) is 30.7 Å². The number of ether oxygens (including phenoxy) is 9. The number of allylic oxidation sites excluding steroid dienone is 1. The summed E-state index contributed by atoms with van der Waals surface area (Å²) in [6.45, 7) is 47.7. The molecule has 27 nitrogen and oxygen atoms in total. The topological polar surface area (TPSA) is 341 Å². The molecule has 6 saturated heterocycles. The minimum absolute atomic E-state index is 0.0270. The van der Waals surface area contributed by atoms with Crippen molar-refractivity contribution in [1.29, 1.82) is 0 Å². The third kappa shape index (κ3) is 31.2. The van der Waals surface area contributed by atoms with Gasteiger partial charge in [0.1, 0.15) is 48.2 Å². The van der Waals surface area contributed by atoms with Crippen molar-refractivity contribution in [2.24, 2.45) is 64.1 Å². The predicted octanol–water partition coefficient (Wildman–Crippen LogP) is 18.7. The Labute approximate surface area is 836 Å². The number of carbonyl (C=O) groups is 12. The van der Waals surface area contributed by atoms with E-state index in [4.69, 9.17) is 42.6 Å². The standard InChI is InChI=1S/C33H55NO8.C33H45NO5.C31H47NO6.C16H27NO4/c1-19(2)28(22(6)16-24-14-13-21(5)26(18-24)39-8)41-32(37)25-12-10-11-15-34(25)31(36)30(35)33(38)23(7)17-27(40-9)29(42-33)20(3)4;1-8-33(5,6)30(35)31(36)34-19-10-9-14-27(34)32(37)39-28(26-13-11-12-25(21-26)22(2)3)18-17-24-16-15-23(4)29(20-24)38-7;1-7-24(19-23-13-9-8-10-14-23)27(21(4)5)37-30(35)25-15-11-12-18-32(25)29(34)28(33)31(36)22(6)16-17-26(38-31)20(2)3;1-6-16(4,5)13(18)14(19)17-10-8-7-9-12(17)15(20)21-11(2)3/h16,19-21,23-29,38H,10-15,17-18H2,1-9H3;11-13,15-16,20-22,27-28H,8-10,14,17-19H2,1-7H3;8-10,13-14,20-22,24-27,36H,7,11-12,15-19H2,1-6H3;11-12H,6-10H2,1-5H3/b22-16+;;;. The first kappa shape index (κ1) is 118. The molecule has 140 heavy (non-hydrogen) atoms.